The van der Waals surface area contributed by atoms with Crippen molar-refractivity contribution < 1.29 is 54.0 Å². The fourth-order valence-electron chi connectivity index (χ4n) is 3.05. The lowest BCUT2D eigenvalue weighted by Gasteiger charge is -2.38. The molecule has 2 fully saturated rings. The lowest BCUT2D eigenvalue weighted by atomic mass is 10.0. The smallest absolute Gasteiger partial charge is 0.292 e. The average Bonchev–Trinajstić information content (AvgIpc) is 2.99. The summed E-state index contributed by atoms with van der Waals surface area (Å²) in [6, 6.07) is 1.43. The van der Waals surface area contributed by atoms with E-state index in [1.165, 1.54) is 19.9 Å². The van der Waals surface area contributed by atoms with Crippen molar-refractivity contribution in [2.75, 3.05) is 0 Å². The van der Waals surface area contributed by atoms with E-state index in [1.54, 1.807) is 6.92 Å². The van der Waals surface area contributed by atoms with Gasteiger partial charge in [-0.3, -0.25) is 0 Å². The summed E-state index contributed by atoms with van der Waals surface area (Å²) in [6.45, 7) is 4.65. The van der Waals surface area contributed by atoms with E-state index in [1.807, 2.05) is 0 Å². The van der Waals surface area contributed by atoms with E-state index in [0.29, 0.717) is 5.56 Å². The van der Waals surface area contributed by atoms with Crippen LogP contribution in [0.5, 0.6) is 11.9 Å². The average molecular weight is 406 g/mol. The molecule has 0 saturated carbocycles. The zero-order chi connectivity index (χ0) is 20.7. The van der Waals surface area contributed by atoms with Crippen molar-refractivity contribution in [3.8, 4) is 11.9 Å². The number of hydrogen-bond acceptors (Lipinski definition) is 11. The summed E-state index contributed by atoms with van der Waals surface area (Å²) in [5, 5.41) is 59.1. The van der Waals surface area contributed by atoms with Crippen LogP contribution in [0.1, 0.15) is 19.4 Å². The summed E-state index contributed by atoms with van der Waals surface area (Å²) in [5.74, 6) is -0.181. The highest BCUT2D eigenvalue weighted by Gasteiger charge is 2.45. The number of hydrogen-bond donors (Lipinski definition) is 6. The number of rotatable bonds is 4. The molecule has 0 aliphatic carbocycles. The number of aryl methyl sites for hydroxylation is 1. The van der Waals surface area contributed by atoms with Crippen LogP contribution >= 0.6 is 0 Å². The van der Waals surface area contributed by atoms with Crippen molar-refractivity contribution in [2.45, 2.75) is 82.2 Å². The lowest BCUT2D eigenvalue weighted by Crippen LogP contribution is -2.58. The third kappa shape index (κ3) is 3.98. The van der Waals surface area contributed by atoms with Crippen molar-refractivity contribution in [3.63, 3.8) is 0 Å². The minimum atomic E-state index is -1.51. The Bertz CT molecular complexity index is 664. The van der Waals surface area contributed by atoms with Gasteiger partial charge in [0.1, 0.15) is 36.6 Å². The zero-order valence-corrected chi connectivity index (χ0v) is 15.6. The topological polar surface area (TPSA) is 171 Å². The third-order valence-corrected chi connectivity index (χ3v) is 4.92. The quantitative estimate of drug-likeness (QED) is 0.327. The second-order valence-corrected chi connectivity index (χ2v) is 7.13. The molecule has 2 unspecified atom stereocenters. The van der Waals surface area contributed by atoms with Gasteiger partial charge < -0.3 is 54.0 Å². The molecule has 6 N–H and O–H groups in total. The number of ether oxygens (including phenoxy) is 4. The highest BCUT2D eigenvalue weighted by atomic mass is 16.8. The molecule has 0 spiro atoms. The van der Waals surface area contributed by atoms with Gasteiger partial charge in [0.15, 0.2) is 0 Å². The largest absolute Gasteiger partial charge is 0.432 e. The first-order valence-corrected chi connectivity index (χ1v) is 8.93. The Kier molecular flexibility index (Phi) is 6.17. The molecule has 0 amide bonds. The van der Waals surface area contributed by atoms with Crippen LogP contribution in [-0.2, 0) is 9.47 Å². The van der Waals surface area contributed by atoms with Gasteiger partial charge in [0.25, 0.3) is 11.9 Å². The number of furan rings is 1. The third-order valence-electron chi connectivity index (χ3n) is 4.92. The predicted octanol–water partition coefficient (Wildman–Crippen LogP) is -2.00. The maximum absolute atomic E-state index is 10.0. The van der Waals surface area contributed by atoms with E-state index in [0.717, 1.165) is 0 Å². The minimum Gasteiger partial charge on any atom is -0.432 e. The Morgan fingerprint density at radius 1 is 0.714 bits per heavy atom. The Labute approximate surface area is 160 Å². The molecule has 0 bridgehead atoms. The number of aliphatic hydroxyl groups is 6. The van der Waals surface area contributed by atoms with E-state index in [-0.39, 0.29) is 11.9 Å². The molecule has 0 radical (unpaired) electrons. The van der Waals surface area contributed by atoms with Gasteiger partial charge in [-0.1, -0.05) is 0 Å². The molecule has 11 nitrogen and oxygen atoms in total. The summed E-state index contributed by atoms with van der Waals surface area (Å²) in [5.41, 5.74) is 0.456. The van der Waals surface area contributed by atoms with Crippen molar-refractivity contribution >= 4 is 0 Å². The fourth-order valence-corrected chi connectivity index (χ4v) is 3.05. The van der Waals surface area contributed by atoms with Gasteiger partial charge >= 0.3 is 0 Å². The van der Waals surface area contributed by atoms with Crippen molar-refractivity contribution in [1.82, 2.24) is 0 Å². The molecule has 0 aromatic carbocycles. The Morgan fingerprint density at radius 3 is 1.68 bits per heavy atom. The summed E-state index contributed by atoms with van der Waals surface area (Å²) in [7, 11) is 0. The fraction of sp³-hybridized carbons (Fsp3) is 0.765. The first-order valence-electron chi connectivity index (χ1n) is 8.93. The van der Waals surface area contributed by atoms with Gasteiger partial charge in [0, 0.05) is 11.6 Å². The Morgan fingerprint density at radius 2 is 1.18 bits per heavy atom. The van der Waals surface area contributed by atoms with E-state index in [2.05, 4.69) is 0 Å². The second kappa shape index (κ2) is 8.13. The molecular weight excluding hydrogens is 380 g/mol. The van der Waals surface area contributed by atoms with Crippen LogP contribution in [0.15, 0.2) is 10.5 Å². The van der Waals surface area contributed by atoms with Crippen LogP contribution in [0.2, 0.25) is 0 Å². The monoisotopic (exact) mass is 406 g/mol. The Hall–Kier alpha value is -1.44. The van der Waals surface area contributed by atoms with E-state index in [9.17, 15) is 30.6 Å². The van der Waals surface area contributed by atoms with Gasteiger partial charge in [-0.2, -0.15) is 0 Å². The molecule has 10 atom stereocenters. The molecule has 1 aromatic rings. The number of aliphatic hydroxyl groups excluding tert-OH is 6. The highest BCUT2D eigenvalue weighted by molar-refractivity contribution is 5.28. The van der Waals surface area contributed by atoms with Crippen molar-refractivity contribution in [3.05, 3.63) is 11.6 Å². The standard InChI is InChI=1S/C17H26O11/c1-5-4-8(27-16-13(22)11(20)9(18)6(2)24-16)26-15(5)28-17-14(23)12(21)10(19)7(3)25-17/h4,6-7,9-14,16-23H,1-3H3/t6-,7-,9+,10+,11+,12+,13-,14-,16?,17?/m1/s1. The molecule has 28 heavy (non-hydrogen) atoms. The molecule has 11 heteroatoms. The van der Waals surface area contributed by atoms with Crippen molar-refractivity contribution in [2.24, 2.45) is 0 Å². The molecule has 2 aliphatic heterocycles. The molecule has 2 aliphatic rings. The van der Waals surface area contributed by atoms with Crippen molar-refractivity contribution in [1.29, 1.82) is 0 Å². The SMILES string of the molecule is Cc1cc(OC2O[C@H](C)[C@H](O)[C@H](O)[C@H]2O)oc1OC1O[C@H](C)[C@H](O)[C@H](O)[C@H]1O. The van der Waals surface area contributed by atoms with Gasteiger partial charge in [0.2, 0.25) is 12.6 Å². The summed E-state index contributed by atoms with van der Waals surface area (Å²) >= 11 is 0. The van der Waals surface area contributed by atoms with Gasteiger partial charge in [-0.25, -0.2) is 0 Å². The predicted molar refractivity (Wildman–Crippen MR) is 89.4 cm³/mol. The highest BCUT2D eigenvalue weighted by Crippen LogP contribution is 2.33. The van der Waals surface area contributed by atoms with Crippen LogP contribution in [0.25, 0.3) is 0 Å². The van der Waals surface area contributed by atoms with Crippen LogP contribution in [-0.4, -0.2) is 92.1 Å². The Balaban J connectivity index is 1.68. The first-order chi connectivity index (χ1) is 13.1. The molecule has 2 saturated heterocycles. The normalized spacial score (nSPS) is 44.3. The summed E-state index contributed by atoms with van der Waals surface area (Å²) in [6.07, 6.45) is -12.6. The van der Waals surface area contributed by atoms with Crippen LogP contribution in [0, 0.1) is 6.92 Å². The molecule has 3 heterocycles. The summed E-state index contributed by atoms with van der Waals surface area (Å²) < 4.78 is 26.9. The van der Waals surface area contributed by atoms with E-state index < -0.39 is 61.4 Å². The maximum Gasteiger partial charge on any atom is 0.292 e. The van der Waals surface area contributed by atoms with E-state index in [4.69, 9.17) is 23.4 Å². The summed E-state index contributed by atoms with van der Waals surface area (Å²) in [4.78, 5) is 0. The molecular formula is C17H26O11. The van der Waals surface area contributed by atoms with Crippen LogP contribution < -0.4 is 9.47 Å². The maximum atomic E-state index is 10.0. The van der Waals surface area contributed by atoms with Gasteiger partial charge in [0.05, 0.1) is 12.2 Å². The second-order valence-electron chi connectivity index (χ2n) is 7.13. The van der Waals surface area contributed by atoms with E-state index >= 15 is 0 Å². The molecule has 1 aromatic heterocycles. The van der Waals surface area contributed by atoms with Crippen LogP contribution in [0.3, 0.4) is 0 Å². The van der Waals surface area contributed by atoms with Gasteiger partial charge in [-0.15, -0.1) is 0 Å². The van der Waals surface area contributed by atoms with Crippen LogP contribution in [0.4, 0.5) is 0 Å². The molecule has 160 valence electrons. The van der Waals surface area contributed by atoms with Gasteiger partial charge in [-0.05, 0) is 20.8 Å². The molecule has 3 rings (SSSR count). The minimum absolute atomic E-state index is 0.0752. The lowest BCUT2D eigenvalue weighted by molar-refractivity contribution is -0.274. The first kappa shape index (κ1) is 21.3. The zero-order valence-electron chi connectivity index (χ0n) is 15.6.